The van der Waals surface area contributed by atoms with Crippen LogP contribution in [0.3, 0.4) is 0 Å². The van der Waals surface area contributed by atoms with E-state index in [-0.39, 0.29) is 5.82 Å². The molecule has 0 amide bonds. The summed E-state index contributed by atoms with van der Waals surface area (Å²) in [5.41, 5.74) is 3.11. The average molecular weight is 237 g/mol. The van der Waals surface area contributed by atoms with Crippen LogP contribution in [0.2, 0.25) is 0 Å². The van der Waals surface area contributed by atoms with Crippen LogP contribution < -0.4 is 5.32 Å². The fourth-order valence-electron chi connectivity index (χ4n) is 1.44. The minimum atomic E-state index is -0.189. The Morgan fingerprint density at radius 2 is 2.24 bits per heavy atom. The maximum Gasteiger partial charge on any atom is 0.123 e. The molecule has 1 N–H and O–H groups in total. The molecule has 0 fully saturated rings. The molecule has 0 unspecified atom stereocenters. The normalized spacial score (nSPS) is 10.5. The van der Waals surface area contributed by atoms with Gasteiger partial charge in [0.25, 0.3) is 0 Å². The van der Waals surface area contributed by atoms with Crippen molar-refractivity contribution in [2.24, 2.45) is 0 Å². The standard InChI is InChI=1S/C14H20FNO/c1-11(2)10-17-7-6-16-9-13-8-14(15)5-4-12(13)3/h4-5,8,16H,1,6-7,9-10H2,2-3H3. The Kier molecular flexibility index (Phi) is 5.87. The number of nitrogens with one attached hydrogen (secondary N) is 1. The van der Waals surface area contributed by atoms with E-state index in [0.29, 0.717) is 19.8 Å². The van der Waals surface area contributed by atoms with Gasteiger partial charge >= 0.3 is 0 Å². The van der Waals surface area contributed by atoms with E-state index < -0.39 is 0 Å². The Morgan fingerprint density at radius 1 is 1.47 bits per heavy atom. The van der Waals surface area contributed by atoms with Crippen molar-refractivity contribution >= 4 is 0 Å². The van der Waals surface area contributed by atoms with Gasteiger partial charge in [0.05, 0.1) is 13.2 Å². The highest BCUT2D eigenvalue weighted by atomic mass is 19.1. The Balaban J connectivity index is 2.22. The fraction of sp³-hybridized carbons (Fsp3) is 0.429. The largest absolute Gasteiger partial charge is 0.376 e. The van der Waals surface area contributed by atoms with E-state index in [1.807, 2.05) is 13.8 Å². The molecule has 0 radical (unpaired) electrons. The lowest BCUT2D eigenvalue weighted by Gasteiger charge is -2.08. The second kappa shape index (κ2) is 7.20. The van der Waals surface area contributed by atoms with E-state index in [4.69, 9.17) is 4.74 Å². The molecule has 0 saturated heterocycles. The number of benzene rings is 1. The van der Waals surface area contributed by atoms with Crippen LogP contribution in [0.15, 0.2) is 30.4 Å². The number of ether oxygens (including phenoxy) is 1. The van der Waals surface area contributed by atoms with Gasteiger partial charge in [0, 0.05) is 13.1 Å². The number of aryl methyl sites for hydroxylation is 1. The van der Waals surface area contributed by atoms with Gasteiger partial charge in [0.1, 0.15) is 5.82 Å². The van der Waals surface area contributed by atoms with Gasteiger partial charge in [-0.05, 0) is 37.1 Å². The van der Waals surface area contributed by atoms with Crippen LogP contribution in [0.1, 0.15) is 18.1 Å². The van der Waals surface area contributed by atoms with Crippen molar-refractivity contribution in [1.82, 2.24) is 5.32 Å². The lowest BCUT2D eigenvalue weighted by Crippen LogP contribution is -2.20. The molecule has 0 saturated carbocycles. The summed E-state index contributed by atoms with van der Waals surface area (Å²) < 4.78 is 18.4. The monoisotopic (exact) mass is 237 g/mol. The number of halogens is 1. The topological polar surface area (TPSA) is 21.3 Å². The Bertz CT molecular complexity index is 376. The van der Waals surface area contributed by atoms with E-state index in [1.54, 1.807) is 12.1 Å². The van der Waals surface area contributed by atoms with Gasteiger partial charge in [-0.15, -0.1) is 0 Å². The van der Waals surface area contributed by atoms with Gasteiger partial charge in [0.15, 0.2) is 0 Å². The molecular formula is C14H20FNO. The van der Waals surface area contributed by atoms with E-state index in [9.17, 15) is 4.39 Å². The Hall–Kier alpha value is -1.19. The van der Waals surface area contributed by atoms with Gasteiger partial charge in [-0.1, -0.05) is 18.2 Å². The van der Waals surface area contributed by atoms with Crippen LogP contribution in [-0.4, -0.2) is 19.8 Å². The third-order valence-corrected chi connectivity index (χ3v) is 2.40. The van der Waals surface area contributed by atoms with Crippen molar-refractivity contribution in [3.8, 4) is 0 Å². The highest BCUT2D eigenvalue weighted by Crippen LogP contribution is 2.09. The van der Waals surface area contributed by atoms with Crippen molar-refractivity contribution in [1.29, 1.82) is 0 Å². The first-order valence-corrected chi connectivity index (χ1v) is 5.77. The van der Waals surface area contributed by atoms with Gasteiger partial charge < -0.3 is 10.1 Å². The average Bonchev–Trinajstić information content (AvgIpc) is 2.27. The quantitative estimate of drug-likeness (QED) is 0.581. The Morgan fingerprint density at radius 3 is 2.94 bits per heavy atom. The first kappa shape index (κ1) is 13.9. The van der Waals surface area contributed by atoms with Gasteiger partial charge in [-0.3, -0.25) is 0 Å². The zero-order valence-corrected chi connectivity index (χ0v) is 10.6. The van der Waals surface area contributed by atoms with Crippen LogP contribution in [0, 0.1) is 12.7 Å². The zero-order valence-electron chi connectivity index (χ0n) is 10.6. The summed E-state index contributed by atoms with van der Waals surface area (Å²) in [5, 5.41) is 3.22. The second-order valence-electron chi connectivity index (χ2n) is 4.26. The molecule has 0 heterocycles. The van der Waals surface area contributed by atoms with Crippen LogP contribution in [-0.2, 0) is 11.3 Å². The first-order valence-electron chi connectivity index (χ1n) is 5.77. The van der Waals surface area contributed by atoms with Crippen LogP contribution in [0.4, 0.5) is 4.39 Å². The van der Waals surface area contributed by atoms with E-state index in [0.717, 1.165) is 23.2 Å². The lowest BCUT2D eigenvalue weighted by atomic mass is 10.1. The summed E-state index contributed by atoms with van der Waals surface area (Å²) in [6.07, 6.45) is 0. The van der Waals surface area contributed by atoms with Crippen molar-refractivity contribution in [2.45, 2.75) is 20.4 Å². The van der Waals surface area contributed by atoms with Crippen LogP contribution in [0.25, 0.3) is 0 Å². The number of rotatable bonds is 7. The van der Waals surface area contributed by atoms with Crippen LogP contribution in [0.5, 0.6) is 0 Å². The molecule has 94 valence electrons. The van der Waals surface area contributed by atoms with Gasteiger partial charge in [0.2, 0.25) is 0 Å². The minimum Gasteiger partial charge on any atom is -0.376 e. The maximum absolute atomic E-state index is 13.0. The molecule has 0 atom stereocenters. The molecule has 0 bridgehead atoms. The molecule has 1 aromatic carbocycles. The first-order chi connectivity index (χ1) is 8.09. The molecule has 17 heavy (non-hydrogen) atoms. The van der Waals surface area contributed by atoms with E-state index in [1.165, 1.54) is 6.07 Å². The van der Waals surface area contributed by atoms with Crippen molar-refractivity contribution < 1.29 is 9.13 Å². The third-order valence-electron chi connectivity index (χ3n) is 2.40. The van der Waals surface area contributed by atoms with Gasteiger partial charge in [-0.25, -0.2) is 4.39 Å². The molecule has 0 aromatic heterocycles. The molecule has 0 aliphatic rings. The summed E-state index contributed by atoms with van der Waals surface area (Å²) in [4.78, 5) is 0. The fourth-order valence-corrected chi connectivity index (χ4v) is 1.44. The van der Waals surface area contributed by atoms with Crippen molar-refractivity contribution in [3.05, 3.63) is 47.3 Å². The highest BCUT2D eigenvalue weighted by Gasteiger charge is 1.99. The molecule has 0 aliphatic carbocycles. The van der Waals surface area contributed by atoms with Gasteiger partial charge in [-0.2, -0.15) is 0 Å². The lowest BCUT2D eigenvalue weighted by molar-refractivity contribution is 0.157. The molecule has 2 nitrogen and oxygen atoms in total. The molecule has 0 spiro atoms. The molecular weight excluding hydrogens is 217 g/mol. The van der Waals surface area contributed by atoms with Crippen molar-refractivity contribution in [2.75, 3.05) is 19.8 Å². The summed E-state index contributed by atoms with van der Waals surface area (Å²) in [5.74, 6) is -0.189. The third kappa shape index (κ3) is 5.61. The molecule has 1 rings (SSSR count). The number of hydrogen-bond acceptors (Lipinski definition) is 2. The summed E-state index contributed by atoms with van der Waals surface area (Å²) in [6.45, 7) is 10.3. The molecule has 3 heteroatoms. The predicted octanol–water partition coefficient (Wildman–Crippen LogP) is 2.82. The predicted molar refractivity (Wildman–Crippen MR) is 68.5 cm³/mol. The molecule has 1 aromatic rings. The maximum atomic E-state index is 13.0. The van der Waals surface area contributed by atoms with Crippen molar-refractivity contribution in [3.63, 3.8) is 0 Å². The van der Waals surface area contributed by atoms with E-state index >= 15 is 0 Å². The summed E-state index contributed by atoms with van der Waals surface area (Å²) >= 11 is 0. The Labute approximate surface area is 102 Å². The second-order valence-corrected chi connectivity index (χ2v) is 4.26. The number of hydrogen-bond donors (Lipinski definition) is 1. The van der Waals surface area contributed by atoms with Crippen LogP contribution >= 0.6 is 0 Å². The zero-order chi connectivity index (χ0) is 12.7. The molecule has 0 aliphatic heterocycles. The minimum absolute atomic E-state index is 0.189. The smallest absolute Gasteiger partial charge is 0.123 e. The summed E-state index contributed by atoms with van der Waals surface area (Å²) in [6, 6.07) is 4.84. The highest BCUT2D eigenvalue weighted by molar-refractivity contribution is 5.26. The SMILES string of the molecule is C=C(C)COCCNCc1cc(F)ccc1C. The van der Waals surface area contributed by atoms with E-state index in [2.05, 4.69) is 11.9 Å². The summed E-state index contributed by atoms with van der Waals surface area (Å²) in [7, 11) is 0.